The molecule has 3 N–H and O–H groups in total. The summed E-state index contributed by atoms with van der Waals surface area (Å²) in [6.45, 7) is 1.55. The summed E-state index contributed by atoms with van der Waals surface area (Å²) in [5.74, 6) is 0.312. The molecule has 0 aliphatic carbocycles. The van der Waals surface area contributed by atoms with Gasteiger partial charge in [0.1, 0.15) is 11.9 Å². The molecule has 0 saturated carbocycles. The second kappa shape index (κ2) is 4.44. The SMILES string of the molecule is Nc1cc(C(F)(F)F)ccc1OC1CCNC1. The van der Waals surface area contributed by atoms with E-state index in [1.165, 1.54) is 6.07 Å². The lowest BCUT2D eigenvalue weighted by Crippen LogP contribution is -2.20. The van der Waals surface area contributed by atoms with Crippen LogP contribution in [0.1, 0.15) is 12.0 Å². The predicted molar refractivity (Wildman–Crippen MR) is 57.8 cm³/mol. The van der Waals surface area contributed by atoms with Crippen molar-refractivity contribution < 1.29 is 17.9 Å². The molecule has 0 amide bonds. The molecule has 1 aromatic carbocycles. The minimum atomic E-state index is -4.37. The Morgan fingerprint density at radius 3 is 2.65 bits per heavy atom. The van der Waals surface area contributed by atoms with E-state index in [1.54, 1.807) is 0 Å². The van der Waals surface area contributed by atoms with Gasteiger partial charge in [0.2, 0.25) is 0 Å². The predicted octanol–water partition coefficient (Wildman–Crippen LogP) is 2.03. The molecule has 0 aromatic heterocycles. The normalized spacial score (nSPS) is 20.5. The van der Waals surface area contributed by atoms with E-state index in [4.69, 9.17) is 10.5 Å². The van der Waals surface area contributed by atoms with Crippen LogP contribution in [0.25, 0.3) is 0 Å². The number of alkyl halides is 3. The van der Waals surface area contributed by atoms with E-state index in [0.29, 0.717) is 12.3 Å². The van der Waals surface area contributed by atoms with Crippen molar-refractivity contribution >= 4 is 5.69 Å². The number of ether oxygens (including phenoxy) is 1. The summed E-state index contributed by atoms with van der Waals surface area (Å²) in [4.78, 5) is 0. The highest BCUT2D eigenvalue weighted by atomic mass is 19.4. The second-order valence-electron chi connectivity index (χ2n) is 3.98. The number of benzene rings is 1. The minimum absolute atomic E-state index is 0.0194. The van der Waals surface area contributed by atoms with Crippen molar-refractivity contribution in [1.29, 1.82) is 0 Å². The Bertz CT molecular complexity index is 400. The Morgan fingerprint density at radius 1 is 1.35 bits per heavy atom. The molecule has 1 aliphatic heterocycles. The van der Waals surface area contributed by atoms with Crippen molar-refractivity contribution in [1.82, 2.24) is 5.32 Å². The molecule has 94 valence electrons. The third kappa shape index (κ3) is 2.82. The van der Waals surface area contributed by atoms with Gasteiger partial charge in [0.15, 0.2) is 0 Å². The highest BCUT2D eigenvalue weighted by Crippen LogP contribution is 2.34. The van der Waals surface area contributed by atoms with Gasteiger partial charge < -0.3 is 15.8 Å². The van der Waals surface area contributed by atoms with Gasteiger partial charge in [-0.1, -0.05) is 0 Å². The first kappa shape index (κ1) is 12.0. The fraction of sp³-hybridized carbons (Fsp3) is 0.455. The van der Waals surface area contributed by atoms with Crippen LogP contribution in [0, 0.1) is 0 Å². The Kier molecular flexibility index (Phi) is 3.15. The molecule has 1 fully saturated rings. The highest BCUT2D eigenvalue weighted by molar-refractivity contribution is 5.54. The molecule has 1 saturated heterocycles. The molecule has 0 bridgehead atoms. The zero-order valence-electron chi connectivity index (χ0n) is 9.05. The van der Waals surface area contributed by atoms with Crippen molar-refractivity contribution in [2.45, 2.75) is 18.7 Å². The maximum absolute atomic E-state index is 12.4. The second-order valence-corrected chi connectivity index (χ2v) is 3.98. The van der Waals surface area contributed by atoms with Gasteiger partial charge in [-0.05, 0) is 31.2 Å². The van der Waals surface area contributed by atoms with E-state index >= 15 is 0 Å². The summed E-state index contributed by atoms with van der Waals surface area (Å²) in [6.07, 6.45) is -3.56. The lowest BCUT2D eigenvalue weighted by Gasteiger charge is -2.15. The van der Waals surface area contributed by atoms with E-state index < -0.39 is 11.7 Å². The maximum atomic E-state index is 12.4. The van der Waals surface area contributed by atoms with Crippen LogP contribution < -0.4 is 15.8 Å². The number of hydrogen-bond acceptors (Lipinski definition) is 3. The topological polar surface area (TPSA) is 47.3 Å². The lowest BCUT2D eigenvalue weighted by atomic mass is 10.2. The standard InChI is InChI=1S/C11H13F3N2O/c12-11(13,14)7-1-2-10(9(15)5-7)17-8-3-4-16-6-8/h1-2,5,8,16H,3-4,6,15H2. The molecule has 3 nitrogen and oxygen atoms in total. The first-order chi connectivity index (χ1) is 7.97. The Labute approximate surface area is 96.8 Å². The summed E-state index contributed by atoms with van der Waals surface area (Å²) in [7, 11) is 0. The zero-order chi connectivity index (χ0) is 12.5. The fourth-order valence-corrected chi connectivity index (χ4v) is 1.74. The average Bonchev–Trinajstić information content (AvgIpc) is 2.72. The number of hydrogen-bond donors (Lipinski definition) is 2. The van der Waals surface area contributed by atoms with Gasteiger partial charge in [-0.25, -0.2) is 0 Å². The lowest BCUT2D eigenvalue weighted by molar-refractivity contribution is -0.137. The van der Waals surface area contributed by atoms with Crippen molar-refractivity contribution in [2.75, 3.05) is 18.8 Å². The molecular weight excluding hydrogens is 233 g/mol. The van der Waals surface area contributed by atoms with E-state index in [2.05, 4.69) is 5.32 Å². The van der Waals surface area contributed by atoms with E-state index in [9.17, 15) is 13.2 Å². The summed E-state index contributed by atoms with van der Waals surface area (Å²) in [5.41, 5.74) is 4.81. The number of nitrogens with one attached hydrogen (secondary N) is 1. The number of nitrogen functional groups attached to an aromatic ring is 1. The Morgan fingerprint density at radius 2 is 2.12 bits per heavy atom. The molecule has 1 aromatic rings. The summed E-state index contributed by atoms with van der Waals surface area (Å²) < 4.78 is 42.7. The van der Waals surface area contributed by atoms with Gasteiger partial charge in [-0.2, -0.15) is 13.2 Å². The van der Waals surface area contributed by atoms with Crippen LogP contribution in [0.15, 0.2) is 18.2 Å². The number of nitrogens with two attached hydrogens (primary N) is 1. The molecule has 1 aliphatic rings. The summed E-state index contributed by atoms with van der Waals surface area (Å²) in [5, 5.41) is 3.10. The van der Waals surface area contributed by atoms with Gasteiger partial charge in [-0.3, -0.25) is 0 Å². The third-order valence-corrected chi connectivity index (χ3v) is 2.65. The smallest absolute Gasteiger partial charge is 0.416 e. The summed E-state index contributed by atoms with van der Waals surface area (Å²) >= 11 is 0. The summed E-state index contributed by atoms with van der Waals surface area (Å²) in [6, 6.07) is 3.16. The van der Waals surface area contributed by atoms with Crippen LogP contribution in [0.5, 0.6) is 5.75 Å². The third-order valence-electron chi connectivity index (χ3n) is 2.65. The van der Waals surface area contributed by atoms with E-state index in [1.807, 2.05) is 0 Å². The fourth-order valence-electron chi connectivity index (χ4n) is 1.74. The van der Waals surface area contributed by atoms with Crippen molar-refractivity contribution in [3.8, 4) is 5.75 Å². The van der Waals surface area contributed by atoms with Gasteiger partial charge in [0, 0.05) is 6.54 Å². The van der Waals surface area contributed by atoms with Crippen molar-refractivity contribution in [3.05, 3.63) is 23.8 Å². The number of anilines is 1. The number of rotatable bonds is 2. The molecule has 1 heterocycles. The molecule has 1 unspecified atom stereocenters. The molecule has 6 heteroatoms. The molecule has 2 rings (SSSR count). The van der Waals surface area contributed by atoms with Gasteiger partial charge in [-0.15, -0.1) is 0 Å². The Balaban J connectivity index is 2.14. The Hall–Kier alpha value is -1.43. The first-order valence-electron chi connectivity index (χ1n) is 5.31. The van der Waals surface area contributed by atoms with Gasteiger partial charge in [0.25, 0.3) is 0 Å². The minimum Gasteiger partial charge on any atom is -0.487 e. The molecule has 0 radical (unpaired) electrons. The first-order valence-corrected chi connectivity index (χ1v) is 5.31. The quantitative estimate of drug-likeness (QED) is 0.785. The maximum Gasteiger partial charge on any atom is 0.416 e. The van der Waals surface area contributed by atoms with E-state index in [-0.39, 0.29) is 11.8 Å². The highest BCUT2D eigenvalue weighted by Gasteiger charge is 2.31. The van der Waals surface area contributed by atoms with Crippen LogP contribution in [-0.2, 0) is 6.18 Å². The molecule has 17 heavy (non-hydrogen) atoms. The molecule has 1 atom stereocenters. The average molecular weight is 246 g/mol. The number of halogens is 3. The van der Waals surface area contributed by atoms with Crippen LogP contribution in [0.4, 0.5) is 18.9 Å². The van der Waals surface area contributed by atoms with E-state index in [0.717, 1.165) is 25.1 Å². The van der Waals surface area contributed by atoms with Crippen molar-refractivity contribution in [3.63, 3.8) is 0 Å². The van der Waals surface area contributed by atoms with Gasteiger partial charge >= 0.3 is 6.18 Å². The zero-order valence-corrected chi connectivity index (χ0v) is 9.05. The van der Waals surface area contributed by atoms with Gasteiger partial charge in [0.05, 0.1) is 11.3 Å². The van der Waals surface area contributed by atoms with Crippen LogP contribution in [-0.4, -0.2) is 19.2 Å². The van der Waals surface area contributed by atoms with Crippen LogP contribution in [0.3, 0.4) is 0 Å². The largest absolute Gasteiger partial charge is 0.487 e. The van der Waals surface area contributed by atoms with Crippen molar-refractivity contribution in [2.24, 2.45) is 0 Å². The molecule has 0 spiro atoms. The van der Waals surface area contributed by atoms with Crippen LogP contribution >= 0.6 is 0 Å². The molecular formula is C11H13F3N2O. The monoisotopic (exact) mass is 246 g/mol. The van der Waals surface area contributed by atoms with Crippen LogP contribution in [0.2, 0.25) is 0 Å².